The van der Waals surface area contributed by atoms with Gasteiger partial charge in [-0.05, 0) is 75.7 Å². The second kappa shape index (κ2) is 3.97. The Balaban J connectivity index is 1.48. The first-order valence-corrected chi connectivity index (χ1v) is 8.01. The van der Waals surface area contributed by atoms with Crippen molar-refractivity contribution in [2.24, 2.45) is 29.1 Å². The molecule has 0 aromatic rings. The Hall–Kier alpha value is -0.570. The number of nitrogens with zero attached hydrogens (tertiary/aromatic N) is 1. The Kier molecular flexibility index (Phi) is 2.55. The molecule has 0 unspecified atom stereocenters. The smallest absolute Gasteiger partial charge is 0.310 e. The molecule has 5 saturated carbocycles. The molecular formula is C16H25NO2. The first kappa shape index (κ1) is 12.2. The van der Waals surface area contributed by atoms with E-state index in [1.165, 1.54) is 32.1 Å². The molecule has 0 saturated heterocycles. The van der Waals surface area contributed by atoms with E-state index in [4.69, 9.17) is 0 Å². The maximum atomic E-state index is 11.4. The van der Waals surface area contributed by atoms with Gasteiger partial charge in [0.1, 0.15) is 0 Å². The Morgan fingerprint density at radius 1 is 1.11 bits per heavy atom. The van der Waals surface area contributed by atoms with Crippen LogP contribution in [0.3, 0.4) is 0 Å². The molecule has 5 rings (SSSR count). The van der Waals surface area contributed by atoms with Gasteiger partial charge < -0.3 is 10.0 Å². The van der Waals surface area contributed by atoms with E-state index in [-0.39, 0.29) is 5.41 Å². The molecule has 1 N–H and O–H groups in total. The highest BCUT2D eigenvalue weighted by Gasteiger charge is 2.54. The second-order valence-electron chi connectivity index (χ2n) is 7.92. The summed E-state index contributed by atoms with van der Waals surface area (Å²) in [7, 11) is 2.19. The van der Waals surface area contributed by atoms with Crippen LogP contribution in [-0.4, -0.2) is 35.6 Å². The molecule has 0 heterocycles. The van der Waals surface area contributed by atoms with Gasteiger partial charge in [0.15, 0.2) is 0 Å². The third kappa shape index (κ3) is 1.84. The van der Waals surface area contributed by atoms with Crippen molar-refractivity contribution in [2.45, 2.75) is 51.0 Å². The van der Waals surface area contributed by atoms with Crippen molar-refractivity contribution in [1.29, 1.82) is 0 Å². The molecule has 4 bridgehead atoms. The number of aliphatic carboxylic acids is 1. The molecule has 3 nitrogen and oxygen atoms in total. The molecule has 0 spiro atoms. The Bertz CT molecular complexity index is 374. The second-order valence-corrected chi connectivity index (χ2v) is 7.92. The predicted molar refractivity (Wildman–Crippen MR) is 72.8 cm³/mol. The third-order valence-corrected chi connectivity index (χ3v) is 6.55. The van der Waals surface area contributed by atoms with Crippen molar-refractivity contribution in [3.8, 4) is 0 Å². The number of hydrogen-bond acceptors (Lipinski definition) is 2. The molecule has 106 valence electrons. The van der Waals surface area contributed by atoms with Gasteiger partial charge in [-0.1, -0.05) is 0 Å². The van der Waals surface area contributed by atoms with Gasteiger partial charge in [0.2, 0.25) is 0 Å². The maximum absolute atomic E-state index is 11.4. The molecule has 0 aliphatic heterocycles. The highest BCUT2D eigenvalue weighted by Crippen LogP contribution is 2.56. The highest BCUT2D eigenvalue weighted by atomic mass is 16.4. The minimum absolute atomic E-state index is 0.386. The third-order valence-electron chi connectivity index (χ3n) is 6.55. The van der Waals surface area contributed by atoms with Gasteiger partial charge in [-0.15, -0.1) is 0 Å². The van der Waals surface area contributed by atoms with E-state index < -0.39 is 5.97 Å². The van der Waals surface area contributed by atoms with E-state index in [9.17, 15) is 9.90 Å². The molecule has 0 amide bonds. The van der Waals surface area contributed by atoms with E-state index in [2.05, 4.69) is 11.9 Å². The summed E-state index contributed by atoms with van der Waals surface area (Å²) in [6.07, 6.45) is 8.94. The van der Waals surface area contributed by atoms with Crippen LogP contribution < -0.4 is 0 Å². The van der Waals surface area contributed by atoms with Gasteiger partial charge in [-0.2, -0.15) is 0 Å². The minimum atomic E-state index is -0.567. The summed E-state index contributed by atoms with van der Waals surface area (Å²) in [4.78, 5) is 13.8. The molecule has 5 fully saturated rings. The van der Waals surface area contributed by atoms with E-state index in [0.29, 0.717) is 6.04 Å². The normalized spacial score (nSPS) is 45.7. The molecule has 0 atom stereocenters. The summed E-state index contributed by atoms with van der Waals surface area (Å²) in [6.45, 7) is 0.787. The predicted octanol–water partition coefficient (Wildman–Crippen LogP) is 2.61. The van der Waals surface area contributed by atoms with Gasteiger partial charge in [0.05, 0.1) is 5.41 Å². The van der Waals surface area contributed by atoms with Crippen LogP contribution in [-0.2, 0) is 4.79 Å². The zero-order valence-electron chi connectivity index (χ0n) is 11.8. The SMILES string of the molecule is CN(CC1(C(=O)O)CC1)C1C2CC3CC(C2)CC1C3. The van der Waals surface area contributed by atoms with Gasteiger partial charge in [-0.3, -0.25) is 4.79 Å². The fourth-order valence-corrected chi connectivity index (χ4v) is 5.79. The zero-order chi connectivity index (χ0) is 13.2. The van der Waals surface area contributed by atoms with Crippen LogP contribution in [0.15, 0.2) is 0 Å². The average Bonchev–Trinajstić information content (AvgIpc) is 3.08. The molecule has 5 aliphatic rings. The lowest BCUT2D eigenvalue weighted by Crippen LogP contribution is -2.56. The Morgan fingerprint density at radius 2 is 1.63 bits per heavy atom. The first-order valence-electron chi connectivity index (χ1n) is 8.01. The van der Waals surface area contributed by atoms with Crippen LogP contribution in [0.2, 0.25) is 0 Å². The molecule has 0 aromatic heterocycles. The van der Waals surface area contributed by atoms with Crippen LogP contribution in [0.4, 0.5) is 0 Å². The fraction of sp³-hybridized carbons (Fsp3) is 0.938. The maximum Gasteiger partial charge on any atom is 0.310 e. The Labute approximate surface area is 115 Å². The fourth-order valence-electron chi connectivity index (χ4n) is 5.79. The van der Waals surface area contributed by atoms with Crippen molar-refractivity contribution in [3.05, 3.63) is 0 Å². The highest BCUT2D eigenvalue weighted by molar-refractivity contribution is 5.78. The summed E-state index contributed by atoms with van der Waals surface area (Å²) in [5, 5.41) is 9.38. The molecule has 3 heteroatoms. The Morgan fingerprint density at radius 3 is 2.05 bits per heavy atom. The van der Waals surface area contributed by atoms with Crippen molar-refractivity contribution < 1.29 is 9.90 Å². The van der Waals surface area contributed by atoms with Gasteiger partial charge in [-0.25, -0.2) is 0 Å². The van der Waals surface area contributed by atoms with Crippen LogP contribution in [0.1, 0.15) is 44.9 Å². The molecular weight excluding hydrogens is 238 g/mol. The summed E-state index contributed by atoms with van der Waals surface area (Å²) < 4.78 is 0. The van der Waals surface area contributed by atoms with Crippen molar-refractivity contribution in [1.82, 2.24) is 4.90 Å². The lowest BCUT2D eigenvalue weighted by Gasteiger charge is -2.57. The summed E-state index contributed by atoms with van der Waals surface area (Å²) in [6, 6.07) is 0.685. The molecule has 0 aromatic carbocycles. The van der Waals surface area contributed by atoms with Crippen LogP contribution >= 0.6 is 0 Å². The summed E-state index contributed by atoms with van der Waals surface area (Å²) >= 11 is 0. The lowest BCUT2D eigenvalue weighted by atomic mass is 9.54. The average molecular weight is 263 g/mol. The topological polar surface area (TPSA) is 40.5 Å². The van der Waals surface area contributed by atoms with Crippen molar-refractivity contribution in [2.75, 3.05) is 13.6 Å². The molecule has 19 heavy (non-hydrogen) atoms. The summed E-state index contributed by atoms with van der Waals surface area (Å²) in [5.41, 5.74) is -0.386. The van der Waals surface area contributed by atoms with Crippen LogP contribution in [0.25, 0.3) is 0 Å². The minimum Gasteiger partial charge on any atom is -0.481 e. The zero-order valence-corrected chi connectivity index (χ0v) is 11.8. The monoisotopic (exact) mass is 263 g/mol. The van der Waals surface area contributed by atoms with Crippen LogP contribution in [0, 0.1) is 29.1 Å². The quantitative estimate of drug-likeness (QED) is 0.847. The number of carboxylic acid groups (broad SMARTS) is 1. The van der Waals surface area contributed by atoms with Crippen molar-refractivity contribution in [3.63, 3.8) is 0 Å². The van der Waals surface area contributed by atoms with E-state index >= 15 is 0 Å². The van der Waals surface area contributed by atoms with Gasteiger partial charge in [0.25, 0.3) is 0 Å². The standard InChI is InChI=1S/C16H25NO2/c1-17(9-16(2-3-16)15(18)19)14-12-5-10-4-11(7-12)8-13(14)6-10/h10-14H,2-9H2,1H3,(H,18,19). The van der Waals surface area contributed by atoms with E-state index in [1.807, 2.05) is 0 Å². The number of carbonyl (C=O) groups is 1. The number of hydrogen-bond donors (Lipinski definition) is 1. The first-order chi connectivity index (χ1) is 9.07. The lowest BCUT2D eigenvalue weighted by molar-refractivity contribution is -0.145. The van der Waals surface area contributed by atoms with Crippen LogP contribution in [0.5, 0.6) is 0 Å². The van der Waals surface area contributed by atoms with Gasteiger partial charge >= 0.3 is 5.97 Å². The summed E-state index contributed by atoms with van der Waals surface area (Å²) in [5.74, 6) is 3.17. The number of carboxylic acids is 1. The van der Waals surface area contributed by atoms with E-state index in [0.717, 1.165) is 43.1 Å². The largest absolute Gasteiger partial charge is 0.481 e. The number of rotatable bonds is 4. The van der Waals surface area contributed by atoms with Gasteiger partial charge in [0, 0.05) is 12.6 Å². The molecule has 5 aliphatic carbocycles. The molecule has 0 radical (unpaired) electrons. The van der Waals surface area contributed by atoms with Crippen molar-refractivity contribution >= 4 is 5.97 Å². The van der Waals surface area contributed by atoms with E-state index in [1.54, 1.807) is 0 Å².